The number of cyclic esters (lactones) is 1. The molecule has 0 aromatic heterocycles. The predicted octanol–water partition coefficient (Wildman–Crippen LogP) is 3.54. The third kappa shape index (κ3) is 3.36. The second-order valence-corrected chi connectivity index (χ2v) is 4.01. The van der Waals surface area contributed by atoms with Gasteiger partial charge in [-0.2, -0.15) is 0 Å². The molecule has 0 aliphatic carbocycles. The lowest BCUT2D eigenvalue weighted by molar-refractivity contribution is -0.148. The van der Waals surface area contributed by atoms with Crippen molar-refractivity contribution in [3.63, 3.8) is 0 Å². The first-order valence-corrected chi connectivity index (χ1v) is 6.19. The van der Waals surface area contributed by atoms with E-state index in [1.165, 1.54) is 5.56 Å². The standard InChI is InChI=1S/C13H14O3.C2H6/c1-8-4-5-11(9(2)6-8)15-12-7-10(3)13(14)16-12;1-2/h4-7,12H,1-3H3;1-2H3. The number of hydrogen-bond acceptors (Lipinski definition) is 3. The van der Waals surface area contributed by atoms with Gasteiger partial charge in [-0.25, -0.2) is 4.79 Å². The molecule has 0 radical (unpaired) electrons. The fraction of sp³-hybridized carbons (Fsp3) is 0.400. The fourth-order valence-corrected chi connectivity index (χ4v) is 1.62. The third-order valence-electron chi connectivity index (χ3n) is 2.50. The minimum Gasteiger partial charge on any atom is -0.451 e. The predicted molar refractivity (Wildman–Crippen MR) is 71.5 cm³/mol. The summed E-state index contributed by atoms with van der Waals surface area (Å²) in [7, 11) is 0. The van der Waals surface area contributed by atoms with Crippen LogP contribution in [0.4, 0.5) is 0 Å². The molecule has 0 spiro atoms. The van der Waals surface area contributed by atoms with Gasteiger partial charge in [-0.05, 0) is 32.4 Å². The molecule has 1 aliphatic rings. The number of carbonyl (C=O) groups excluding carboxylic acids is 1. The number of carbonyl (C=O) groups is 1. The Hall–Kier alpha value is -1.77. The van der Waals surface area contributed by atoms with Gasteiger partial charge >= 0.3 is 5.97 Å². The SMILES string of the molecule is CC.CC1=CC(Oc2ccc(C)cc2C)OC1=O. The molecule has 1 aromatic rings. The first kappa shape index (κ1) is 14.3. The molecule has 0 fully saturated rings. The summed E-state index contributed by atoms with van der Waals surface area (Å²) in [6, 6.07) is 5.89. The molecule has 3 nitrogen and oxygen atoms in total. The Kier molecular flexibility index (Phi) is 4.95. The van der Waals surface area contributed by atoms with Crippen LogP contribution in [0.2, 0.25) is 0 Å². The average Bonchev–Trinajstić information content (AvgIpc) is 2.65. The topological polar surface area (TPSA) is 35.5 Å². The number of rotatable bonds is 2. The normalized spacial score (nSPS) is 17.5. The molecule has 0 N–H and O–H groups in total. The maximum atomic E-state index is 11.1. The summed E-state index contributed by atoms with van der Waals surface area (Å²) >= 11 is 0. The second-order valence-electron chi connectivity index (χ2n) is 4.01. The minimum atomic E-state index is -0.589. The van der Waals surface area contributed by atoms with Crippen molar-refractivity contribution in [2.24, 2.45) is 0 Å². The molecule has 98 valence electrons. The van der Waals surface area contributed by atoms with E-state index in [1.807, 2.05) is 45.9 Å². The van der Waals surface area contributed by atoms with Gasteiger partial charge in [0.05, 0.1) is 0 Å². The van der Waals surface area contributed by atoms with Crippen LogP contribution in [0.15, 0.2) is 29.8 Å². The zero-order chi connectivity index (χ0) is 13.7. The van der Waals surface area contributed by atoms with Crippen LogP contribution >= 0.6 is 0 Å². The molecule has 0 saturated carbocycles. The van der Waals surface area contributed by atoms with Crippen molar-refractivity contribution in [2.45, 2.75) is 40.9 Å². The second kappa shape index (κ2) is 6.24. The Balaban J connectivity index is 0.000000771. The first-order chi connectivity index (χ1) is 8.56. The molecule has 1 unspecified atom stereocenters. The quantitative estimate of drug-likeness (QED) is 0.751. The molecule has 2 rings (SSSR count). The van der Waals surface area contributed by atoms with E-state index in [2.05, 4.69) is 0 Å². The lowest BCUT2D eigenvalue weighted by atomic mass is 10.1. The Bertz CT molecular complexity index is 461. The Morgan fingerprint density at radius 1 is 1.17 bits per heavy atom. The van der Waals surface area contributed by atoms with Crippen molar-refractivity contribution in [1.29, 1.82) is 0 Å². The van der Waals surface area contributed by atoms with Crippen LogP contribution in [0.1, 0.15) is 31.9 Å². The van der Waals surface area contributed by atoms with Crippen molar-refractivity contribution < 1.29 is 14.3 Å². The highest BCUT2D eigenvalue weighted by Gasteiger charge is 2.23. The summed E-state index contributed by atoms with van der Waals surface area (Å²) in [6.45, 7) is 9.71. The zero-order valence-electron chi connectivity index (χ0n) is 11.6. The number of hydrogen-bond donors (Lipinski definition) is 0. The lowest BCUT2D eigenvalue weighted by Gasteiger charge is -2.13. The molecule has 1 atom stereocenters. The van der Waals surface area contributed by atoms with Crippen molar-refractivity contribution >= 4 is 5.97 Å². The largest absolute Gasteiger partial charge is 0.451 e. The van der Waals surface area contributed by atoms with E-state index in [4.69, 9.17) is 9.47 Å². The van der Waals surface area contributed by atoms with E-state index < -0.39 is 6.29 Å². The van der Waals surface area contributed by atoms with Crippen molar-refractivity contribution in [3.8, 4) is 5.75 Å². The van der Waals surface area contributed by atoms with Crippen LogP contribution in [0.25, 0.3) is 0 Å². The monoisotopic (exact) mass is 248 g/mol. The van der Waals surface area contributed by atoms with Gasteiger partial charge in [0.2, 0.25) is 0 Å². The summed E-state index contributed by atoms with van der Waals surface area (Å²) in [5.74, 6) is 0.434. The number of ether oxygens (including phenoxy) is 2. The maximum absolute atomic E-state index is 11.1. The van der Waals surface area contributed by atoms with Crippen LogP contribution < -0.4 is 4.74 Å². The van der Waals surface area contributed by atoms with Gasteiger partial charge in [0.1, 0.15) is 5.75 Å². The molecule has 18 heavy (non-hydrogen) atoms. The zero-order valence-corrected chi connectivity index (χ0v) is 11.6. The van der Waals surface area contributed by atoms with Crippen LogP contribution in [0, 0.1) is 13.8 Å². The Morgan fingerprint density at radius 3 is 2.33 bits per heavy atom. The van der Waals surface area contributed by atoms with Crippen molar-refractivity contribution in [3.05, 3.63) is 41.0 Å². The van der Waals surface area contributed by atoms with Crippen molar-refractivity contribution in [2.75, 3.05) is 0 Å². The van der Waals surface area contributed by atoms with Crippen molar-refractivity contribution in [1.82, 2.24) is 0 Å². The number of aryl methyl sites for hydroxylation is 2. The number of benzene rings is 1. The van der Waals surface area contributed by atoms with E-state index in [9.17, 15) is 4.79 Å². The lowest BCUT2D eigenvalue weighted by Crippen LogP contribution is -2.16. The molecule has 1 aromatic carbocycles. The molecule has 0 bridgehead atoms. The third-order valence-corrected chi connectivity index (χ3v) is 2.50. The summed E-state index contributed by atoms with van der Waals surface area (Å²) in [6.07, 6.45) is 1.09. The van der Waals surface area contributed by atoms with Gasteiger partial charge < -0.3 is 9.47 Å². The number of esters is 1. The molecule has 0 amide bonds. The Morgan fingerprint density at radius 2 is 1.83 bits per heavy atom. The van der Waals surface area contributed by atoms with Gasteiger partial charge in [-0.3, -0.25) is 0 Å². The van der Waals surface area contributed by atoms with Gasteiger partial charge in [-0.15, -0.1) is 0 Å². The Labute approximate surface area is 108 Å². The van der Waals surface area contributed by atoms with Gasteiger partial charge in [0.15, 0.2) is 0 Å². The van der Waals surface area contributed by atoms with Crippen LogP contribution in [0.5, 0.6) is 5.75 Å². The van der Waals surface area contributed by atoms with Crippen LogP contribution in [0.3, 0.4) is 0 Å². The summed E-state index contributed by atoms with van der Waals surface area (Å²) in [5.41, 5.74) is 2.81. The van der Waals surface area contributed by atoms with E-state index in [1.54, 1.807) is 13.0 Å². The van der Waals surface area contributed by atoms with E-state index >= 15 is 0 Å². The molecular weight excluding hydrogens is 228 g/mol. The van der Waals surface area contributed by atoms with E-state index in [0.29, 0.717) is 5.57 Å². The van der Waals surface area contributed by atoms with Crippen LogP contribution in [-0.4, -0.2) is 12.3 Å². The molecular formula is C15H20O3. The average molecular weight is 248 g/mol. The van der Waals surface area contributed by atoms with Gasteiger partial charge in [0.25, 0.3) is 6.29 Å². The molecule has 3 heteroatoms. The highest BCUT2D eigenvalue weighted by atomic mass is 16.7. The van der Waals surface area contributed by atoms with E-state index in [-0.39, 0.29) is 5.97 Å². The van der Waals surface area contributed by atoms with Gasteiger partial charge in [-0.1, -0.05) is 31.5 Å². The molecule has 1 heterocycles. The smallest absolute Gasteiger partial charge is 0.336 e. The molecule has 0 saturated heterocycles. The summed E-state index contributed by atoms with van der Waals surface area (Å²) in [5, 5.41) is 0. The van der Waals surface area contributed by atoms with Crippen LogP contribution in [-0.2, 0) is 9.53 Å². The first-order valence-electron chi connectivity index (χ1n) is 6.19. The van der Waals surface area contributed by atoms with E-state index in [0.717, 1.165) is 11.3 Å². The maximum Gasteiger partial charge on any atom is 0.336 e. The summed E-state index contributed by atoms with van der Waals surface area (Å²) < 4.78 is 10.6. The fourth-order valence-electron chi connectivity index (χ4n) is 1.62. The highest BCUT2D eigenvalue weighted by molar-refractivity contribution is 5.90. The molecule has 1 aliphatic heterocycles. The highest BCUT2D eigenvalue weighted by Crippen LogP contribution is 2.23. The summed E-state index contributed by atoms with van der Waals surface area (Å²) in [4.78, 5) is 11.1. The minimum absolute atomic E-state index is 0.310. The van der Waals surface area contributed by atoms with Gasteiger partial charge in [0, 0.05) is 11.6 Å².